The van der Waals surface area contributed by atoms with Crippen LogP contribution in [0.3, 0.4) is 0 Å². The Labute approximate surface area is 135 Å². The summed E-state index contributed by atoms with van der Waals surface area (Å²) in [6.45, 7) is 2.03. The van der Waals surface area contributed by atoms with Crippen molar-refractivity contribution in [3.63, 3.8) is 0 Å². The number of aldehydes is 1. The van der Waals surface area contributed by atoms with Crippen LogP contribution in [0.5, 0.6) is 0 Å². The van der Waals surface area contributed by atoms with Crippen molar-refractivity contribution in [3.05, 3.63) is 59.8 Å². The van der Waals surface area contributed by atoms with Crippen molar-refractivity contribution >= 4 is 12.0 Å². The van der Waals surface area contributed by atoms with Crippen molar-refractivity contribution in [2.45, 2.75) is 6.92 Å². The molecule has 0 saturated heterocycles. The molecule has 0 radical (unpaired) electrons. The fraction of sp³-hybridized carbons (Fsp3) is 0.167. The lowest BCUT2D eigenvalue weighted by Gasteiger charge is -2.13. The standard InChI is InChI=1S/C18H18N4O/c1-13-4-6-14(7-5-13)18-17(12-23)19-20-22(18)16-10-8-15(9-11-16)21(2)3/h4-12H,1-3H3. The number of aromatic nitrogens is 3. The Kier molecular flexibility index (Phi) is 3.93. The predicted octanol–water partition coefficient (Wildman–Crippen LogP) is 3.12. The number of benzene rings is 2. The lowest BCUT2D eigenvalue weighted by molar-refractivity contribution is 0.111. The molecule has 5 nitrogen and oxygen atoms in total. The monoisotopic (exact) mass is 306 g/mol. The van der Waals surface area contributed by atoms with Crippen LogP contribution in [-0.2, 0) is 0 Å². The first-order valence-electron chi connectivity index (χ1n) is 7.36. The van der Waals surface area contributed by atoms with Crippen molar-refractivity contribution < 1.29 is 4.79 Å². The minimum absolute atomic E-state index is 0.338. The Morgan fingerprint density at radius 1 is 1.00 bits per heavy atom. The van der Waals surface area contributed by atoms with E-state index in [2.05, 4.69) is 10.3 Å². The van der Waals surface area contributed by atoms with Gasteiger partial charge in [0.2, 0.25) is 0 Å². The number of carbonyl (C=O) groups is 1. The van der Waals surface area contributed by atoms with E-state index in [0.29, 0.717) is 11.4 Å². The van der Waals surface area contributed by atoms with E-state index in [4.69, 9.17) is 0 Å². The Bertz CT molecular complexity index is 817. The van der Waals surface area contributed by atoms with Crippen LogP contribution in [0.2, 0.25) is 0 Å². The summed E-state index contributed by atoms with van der Waals surface area (Å²) in [7, 11) is 3.99. The van der Waals surface area contributed by atoms with E-state index < -0.39 is 0 Å². The second-order valence-electron chi connectivity index (χ2n) is 5.63. The highest BCUT2D eigenvalue weighted by molar-refractivity contribution is 5.84. The molecule has 0 amide bonds. The molecule has 3 rings (SSSR count). The summed E-state index contributed by atoms with van der Waals surface area (Å²) in [4.78, 5) is 13.4. The molecule has 3 aromatic rings. The van der Waals surface area contributed by atoms with Crippen LogP contribution < -0.4 is 4.90 Å². The van der Waals surface area contributed by atoms with Gasteiger partial charge in [-0.15, -0.1) is 5.10 Å². The highest BCUT2D eigenvalue weighted by Crippen LogP contribution is 2.25. The smallest absolute Gasteiger partial charge is 0.172 e. The van der Waals surface area contributed by atoms with Crippen LogP contribution in [-0.4, -0.2) is 35.4 Å². The van der Waals surface area contributed by atoms with Crippen LogP contribution in [0.1, 0.15) is 16.1 Å². The average molecular weight is 306 g/mol. The Morgan fingerprint density at radius 2 is 1.65 bits per heavy atom. The first kappa shape index (κ1) is 15.0. The van der Waals surface area contributed by atoms with Gasteiger partial charge in [-0.05, 0) is 31.2 Å². The van der Waals surface area contributed by atoms with Gasteiger partial charge in [-0.1, -0.05) is 35.0 Å². The van der Waals surface area contributed by atoms with Gasteiger partial charge >= 0.3 is 0 Å². The fourth-order valence-corrected chi connectivity index (χ4v) is 2.43. The molecule has 0 unspecified atom stereocenters. The number of aryl methyl sites for hydroxylation is 1. The van der Waals surface area contributed by atoms with E-state index in [9.17, 15) is 4.79 Å². The lowest BCUT2D eigenvalue weighted by atomic mass is 10.1. The summed E-state index contributed by atoms with van der Waals surface area (Å²) in [5.41, 5.74) is 5.09. The minimum Gasteiger partial charge on any atom is -0.378 e. The number of nitrogens with zero attached hydrogens (tertiary/aromatic N) is 4. The summed E-state index contributed by atoms with van der Waals surface area (Å²) in [5.74, 6) is 0. The summed E-state index contributed by atoms with van der Waals surface area (Å²) in [6.07, 6.45) is 0.743. The zero-order valence-corrected chi connectivity index (χ0v) is 13.4. The molecular formula is C18H18N4O. The van der Waals surface area contributed by atoms with Crippen molar-refractivity contribution in [2.75, 3.05) is 19.0 Å². The largest absolute Gasteiger partial charge is 0.378 e. The second kappa shape index (κ2) is 6.04. The van der Waals surface area contributed by atoms with E-state index >= 15 is 0 Å². The number of rotatable bonds is 4. The van der Waals surface area contributed by atoms with Crippen LogP contribution in [0.4, 0.5) is 5.69 Å². The molecule has 0 aliphatic rings. The topological polar surface area (TPSA) is 51.0 Å². The molecule has 0 saturated carbocycles. The molecule has 5 heteroatoms. The van der Waals surface area contributed by atoms with Gasteiger partial charge in [0.1, 0.15) is 5.69 Å². The maximum absolute atomic E-state index is 11.3. The maximum atomic E-state index is 11.3. The lowest BCUT2D eigenvalue weighted by Crippen LogP contribution is -2.08. The maximum Gasteiger partial charge on any atom is 0.172 e. The van der Waals surface area contributed by atoms with Crippen LogP contribution in [0.15, 0.2) is 48.5 Å². The van der Waals surface area contributed by atoms with Gasteiger partial charge in [-0.25, -0.2) is 4.68 Å². The molecule has 23 heavy (non-hydrogen) atoms. The zero-order valence-electron chi connectivity index (χ0n) is 13.4. The number of hydrogen-bond acceptors (Lipinski definition) is 4. The number of carbonyl (C=O) groups excluding carboxylic acids is 1. The normalized spacial score (nSPS) is 10.6. The van der Waals surface area contributed by atoms with Crippen molar-refractivity contribution in [1.82, 2.24) is 15.0 Å². The van der Waals surface area contributed by atoms with Gasteiger partial charge in [0.25, 0.3) is 0 Å². The summed E-state index contributed by atoms with van der Waals surface area (Å²) >= 11 is 0. The van der Waals surface area contributed by atoms with Crippen molar-refractivity contribution in [1.29, 1.82) is 0 Å². The molecule has 0 atom stereocenters. The molecule has 0 aliphatic carbocycles. The fourth-order valence-electron chi connectivity index (χ4n) is 2.43. The molecule has 116 valence electrons. The SMILES string of the molecule is Cc1ccc(-c2c(C=O)nnn2-c2ccc(N(C)C)cc2)cc1. The summed E-state index contributed by atoms with van der Waals surface area (Å²) in [5, 5.41) is 8.15. The van der Waals surface area contributed by atoms with E-state index in [0.717, 1.165) is 28.8 Å². The first-order chi connectivity index (χ1) is 11.1. The van der Waals surface area contributed by atoms with Gasteiger partial charge in [0.15, 0.2) is 12.0 Å². The highest BCUT2D eigenvalue weighted by Gasteiger charge is 2.15. The third-order valence-corrected chi connectivity index (χ3v) is 3.74. The van der Waals surface area contributed by atoms with E-state index in [1.165, 1.54) is 0 Å². The van der Waals surface area contributed by atoms with Crippen molar-refractivity contribution in [2.24, 2.45) is 0 Å². The molecule has 0 aliphatic heterocycles. The van der Waals surface area contributed by atoms with E-state index in [1.54, 1.807) is 4.68 Å². The van der Waals surface area contributed by atoms with E-state index in [1.807, 2.05) is 74.4 Å². The summed E-state index contributed by atoms with van der Waals surface area (Å²) < 4.78 is 1.70. The first-order valence-corrected chi connectivity index (χ1v) is 7.36. The van der Waals surface area contributed by atoms with Crippen LogP contribution >= 0.6 is 0 Å². The number of anilines is 1. The van der Waals surface area contributed by atoms with Gasteiger partial charge in [0.05, 0.1) is 5.69 Å². The third-order valence-electron chi connectivity index (χ3n) is 3.74. The van der Waals surface area contributed by atoms with Crippen LogP contribution in [0, 0.1) is 6.92 Å². The molecule has 0 fully saturated rings. The predicted molar refractivity (Wildman–Crippen MR) is 91.2 cm³/mol. The second-order valence-corrected chi connectivity index (χ2v) is 5.63. The van der Waals surface area contributed by atoms with Gasteiger partial charge in [-0.2, -0.15) is 0 Å². The Balaban J connectivity index is 2.11. The zero-order chi connectivity index (χ0) is 16.4. The molecule has 0 spiro atoms. The van der Waals surface area contributed by atoms with Crippen molar-refractivity contribution in [3.8, 4) is 16.9 Å². The summed E-state index contributed by atoms with van der Waals surface area (Å²) in [6, 6.07) is 15.9. The molecule has 1 aromatic heterocycles. The Hall–Kier alpha value is -2.95. The van der Waals surface area contributed by atoms with Gasteiger partial charge in [-0.3, -0.25) is 4.79 Å². The quantitative estimate of drug-likeness (QED) is 0.695. The van der Waals surface area contributed by atoms with Gasteiger partial charge < -0.3 is 4.90 Å². The average Bonchev–Trinajstić information content (AvgIpc) is 2.99. The minimum atomic E-state index is 0.338. The van der Waals surface area contributed by atoms with E-state index in [-0.39, 0.29) is 0 Å². The molecule has 1 heterocycles. The molecule has 0 N–H and O–H groups in total. The molecule has 0 bridgehead atoms. The highest BCUT2D eigenvalue weighted by atomic mass is 16.1. The van der Waals surface area contributed by atoms with Crippen LogP contribution in [0.25, 0.3) is 16.9 Å². The molecule has 2 aromatic carbocycles. The third kappa shape index (κ3) is 2.85. The molecular weight excluding hydrogens is 288 g/mol. The van der Waals surface area contributed by atoms with Gasteiger partial charge in [0, 0.05) is 25.3 Å². The Morgan fingerprint density at radius 3 is 2.22 bits per heavy atom. The number of hydrogen-bond donors (Lipinski definition) is 0.